The van der Waals surface area contributed by atoms with Crippen LogP contribution in [-0.4, -0.2) is 18.5 Å². The van der Waals surface area contributed by atoms with Gasteiger partial charge in [-0.25, -0.2) is 4.99 Å². The number of benzene rings is 2. The fraction of sp³-hybridized carbons (Fsp3) is 0.176. The highest BCUT2D eigenvalue weighted by atomic mass is 16.5. The van der Waals surface area contributed by atoms with E-state index in [-0.39, 0.29) is 6.04 Å². The highest BCUT2D eigenvalue weighted by Gasteiger charge is 2.22. The first-order valence-corrected chi connectivity index (χ1v) is 6.61. The van der Waals surface area contributed by atoms with E-state index < -0.39 is 0 Å². The molecule has 0 aromatic heterocycles. The lowest BCUT2D eigenvalue weighted by atomic mass is 10.1. The summed E-state index contributed by atoms with van der Waals surface area (Å²) in [4.78, 5) is 4.61. The van der Waals surface area contributed by atoms with E-state index in [9.17, 15) is 0 Å². The summed E-state index contributed by atoms with van der Waals surface area (Å²) in [6.45, 7) is 0.573. The number of nitrogens with zero attached hydrogens (tertiary/aromatic N) is 2. The molecule has 0 saturated carbocycles. The minimum Gasteiger partial charge on any atom is -0.475 e. The van der Waals surface area contributed by atoms with Crippen molar-refractivity contribution in [3.63, 3.8) is 0 Å². The van der Waals surface area contributed by atoms with Crippen LogP contribution in [0.15, 0.2) is 59.6 Å². The molecule has 0 amide bonds. The molecule has 2 aromatic rings. The largest absolute Gasteiger partial charge is 0.475 e. The molecular weight excluding hydrogens is 248 g/mol. The second kappa shape index (κ2) is 5.58. The third-order valence-corrected chi connectivity index (χ3v) is 3.30. The van der Waals surface area contributed by atoms with Crippen LogP contribution in [0.5, 0.6) is 0 Å². The summed E-state index contributed by atoms with van der Waals surface area (Å²) in [5.74, 6) is 0.586. The molecule has 0 fully saturated rings. The van der Waals surface area contributed by atoms with Crippen molar-refractivity contribution in [2.45, 2.75) is 12.5 Å². The van der Waals surface area contributed by atoms with Crippen molar-refractivity contribution in [2.24, 2.45) is 4.99 Å². The van der Waals surface area contributed by atoms with Gasteiger partial charge in [-0.1, -0.05) is 42.5 Å². The van der Waals surface area contributed by atoms with E-state index in [4.69, 9.17) is 10.00 Å². The van der Waals surface area contributed by atoms with Gasteiger partial charge in [0.05, 0.1) is 23.2 Å². The first kappa shape index (κ1) is 12.4. The molecule has 1 aliphatic rings. The van der Waals surface area contributed by atoms with Gasteiger partial charge < -0.3 is 4.74 Å². The normalized spacial score (nSPS) is 17.1. The first-order chi connectivity index (χ1) is 9.86. The van der Waals surface area contributed by atoms with Gasteiger partial charge in [0.15, 0.2) is 0 Å². The van der Waals surface area contributed by atoms with Gasteiger partial charge in [-0.3, -0.25) is 0 Å². The highest BCUT2D eigenvalue weighted by Crippen LogP contribution is 2.18. The SMILES string of the molecule is N#Cc1ccccc1C1=N[C@@H](Cc2ccccc2)CO1. The van der Waals surface area contributed by atoms with Gasteiger partial charge in [0, 0.05) is 0 Å². The Balaban J connectivity index is 1.80. The van der Waals surface area contributed by atoms with E-state index in [0.717, 1.165) is 12.0 Å². The number of hydrogen-bond donors (Lipinski definition) is 0. The quantitative estimate of drug-likeness (QED) is 0.853. The minimum absolute atomic E-state index is 0.124. The van der Waals surface area contributed by atoms with Crippen LogP contribution < -0.4 is 0 Å². The van der Waals surface area contributed by atoms with E-state index >= 15 is 0 Å². The fourth-order valence-electron chi connectivity index (χ4n) is 2.32. The lowest BCUT2D eigenvalue weighted by Crippen LogP contribution is -2.09. The number of nitriles is 1. The molecule has 1 aliphatic heterocycles. The summed E-state index contributed by atoms with van der Waals surface area (Å²) in [7, 11) is 0. The second-order valence-electron chi connectivity index (χ2n) is 4.75. The molecule has 3 heteroatoms. The Kier molecular flexibility index (Phi) is 3.47. The first-order valence-electron chi connectivity index (χ1n) is 6.61. The maximum atomic E-state index is 9.12. The van der Waals surface area contributed by atoms with E-state index in [2.05, 4.69) is 23.2 Å². The molecule has 98 valence electrons. The van der Waals surface area contributed by atoms with Crippen LogP contribution in [-0.2, 0) is 11.2 Å². The molecule has 20 heavy (non-hydrogen) atoms. The van der Waals surface area contributed by atoms with E-state index in [1.807, 2.05) is 36.4 Å². The van der Waals surface area contributed by atoms with Gasteiger partial charge in [0.25, 0.3) is 0 Å². The maximum absolute atomic E-state index is 9.12. The molecule has 0 unspecified atom stereocenters. The van der Waals surface area contributed by atoms with Crippen LogP contribution in [0.25, 0.3) is 0 Å². The van der Waals surface area contributed by atoms with Crippen LogP contribution >= 0.6 is 0 Å². The van der Waals surface area contributed by atoms with Gasteiger partial charge in [0.1, 0.15) is 6.61 Å². The molecule has 0 saturated heterocycles. The molecule has 3 rings (SSSR count). The van der Waals surface area contributed by atoms with E-state index in [1.165, 1.54) is 5.56 Å². The van der Waals surface area contributed by atoms with Crippen molar-refractivity contribution in [2.75, 3.05) is 6.61 Å². The number of hydrogen-bond acceptors (Lipinski definition) is 3. The van der Waals surface area contributed by atoms with Gasteiger partial charge >= 0.3 is 0 Å². The number of rotatable bonds is 3. The minimum atomic E-state index is 0.124. The average Bonchev–Trinajstić information content (AvgIpc) is 2.96. The van der Waals surface area contributed by atoms with Crippen LogP contribution in [0.2, 0.25) is 0 Å². The van der Waals surface area contributed by atoms with Crippen molar-refractivity contribution in [1.29, 1.82) is 5.26 Å². The lowest BCUT2D eigenvalue weighted by molar-refractivity contribution is 0.317. The fourth-order valence-corrected chi connectivity index (χ4v) is 2.32. The molecule has 1 atom stereocenters. The Hall–Kier alpha value is -2.60. The molecule has 0 aliphatic carbocycles. The molecule has 0 spiro atoms. The Morgan fingerprint density at radius 2 is 1.85 bits per heavy atom. The summed E-state index contributed by atoms with van der Waals surface area (Å²) >= 11 is 0. The highest BCUT2D eigenvalue weighted by molar-refractivity contribution is 5.97. The third kappa shape index (κ3) is 2.55. The maximum Gasteiger partial charge on any atom is 0.217 e. The van der Waals surface area contributed by atoms with E-state index in [0.29, 0.717) is 18.1 Å². The number of aliphatic imine (C=N–C) groups is 1. The summed E-state index contributed by atoms with van der Waals surface area (Å²) in [5.41, 5.74) is 2.64. The number of ether oxygens (including phenoxy) is 1. The van der Waals surface area contributed by atoms with Gasteiger partial charge in [0.2, 0.25) is 5.90 Å². The average molecular weight is 262 g/mol. The van der Waals surface area contributed by atoms with E-state index in [1.54, 1.807) is 6.07 Å². The van der Waals surface area contributed by atoms with Crippen LogP contribution in [0.3, 0.4) is 0 Å². The third-order valence-electron chi connectivity index (χ3n) is 3.30. The van der Waals surface area contributed by atoms with Crippen molar-refractivity contribution in [1.82, 2.24) is 0 Å². The molecule has 1 heterocycles. The molecule has 0 bridgehead atoms. The molecule has 0 N–H and O–H groups in total. The van der Waals surface area contributed by atoms with Gasteiger partial charge in [-0.05, 0) is 24.1 Å². The Bertz CT molecular complexity index is 671. The molecular formula is C17H14N2O. The second-order valence-corrected chi connectivity index (χ2v) is 4.75. The van der Waals surface area contributed by atoms with Crippen molar-refractivity contribution in [3.8, 4) is 6.07 Å². The predicted molar refractivity (Wildman–Crippen MR) is 77.6 cm³/mol. The Morgan fingerprint density at radius 3 is 2.65 bits per heavy atom. The zero-order chi connectivity index (χ0) is 13.8. The Labute approximate surface area is 118 Å². The van der Waals surface area contributed by atoms with Crippen molar-refractivity contribution < 1.29 is 4.74 Å². The van der Waals surface area contributed by atoms with Crippen LogP contribution in [0.4, 0.5) is 0 Å². The van der Waals surface area contributed by atoms with Gasteiger partial charge in [-0.2, -0.15) is 5.26 Å². The topological polar surface area (TPSA) is 45.4 Å². The van der Waals surface area contributed by atoms with Gasteiger partial charge in [-0.15, -0.1) is 0 Å². The molecule has 3 nitrogen and oxygen atoms in total. The smallest absolute Gasteiger partial charge is 0.217 e. The lowest BCUT2D eigenvalue weighted by Gasteiger charge is -2.04. The molecule has 2 aromatic carbocycles. The summed E-state index contributed by atoms with van der Waals surface area (Å²) in [5, 5.41) is 9.12. The molecule has 0 radical (unpaired) electrons. The predicted octanol–water partition coefficient (Wildman–Crippen LogP) is 2.95. The summed E-state index contributed by atoms with van der Waals surface area (Å²) < 4.78 is 5.67. The zero-order valence-electron chi connectivity index (χ0n) is 11.0. The standard InChI is InChI=1S/C17H14N2O/c18-11-14-8-4-5-9-16(14)17-19-15(12-20-17)10-13-6-2-1-3-7-13/h1-9,15H,10,12H2/t15-/m0/s1. The monoisotopic (exact) mass is 262 g/mol. The summed E-state index contributed by atoms with van der Waals surface area (Å²) in [6, 6.07) is 20.0. The van der Waals surface area contributed by atoms with Crippen LogP contribution in [0.1, 0.15) is 16.7 Å². The summed E-state index contributed by atoms with van der Waals surface area (Å²) in [6.07, 6.45) is 0.860. The van der Waals surface area contributed by atoms with Crippen molar-refractivity contribution in [3.05, 3.63) is 71.3 Å². The van der Waals surface area contributed by atoms with Crippen LogP contribution in [0, 0.1) is 11.3 Å². The van der Waals surface area contributed by atoms with Crippen molar-refractivity contribution >= 4 is 5.90 Å². The Morgan fingerprint density at radius 1 is 1.10 bits per heavy atom. The zero-order valence-corrected chi connectivity index (χ0v) is 11.0.